The van der Waals surface area contributed by atoms with Gasteiger partial charge in [0.2, 0.25) is 0 Å². The number of rotatable bonds is 4. The number of nitrogens with one attached hydrogen (secondary N) is 1. The second kappa shape index (κ2) is 6.16. The number of methoxy groups -OCH3 is 1. The minimum Gasteiger partial charge on any atom is -0.504 e. The van der Waals surface area contributed by atoms with Crippen molar-refractivity contribution < 1.29 is 19.4 Å². The van der Waals surface area contributed by atoms with E-state index >= 15 is 0 Å². The SMILES string of the molecule is CCOc1cc(C2NC(C(=O)OC)CS2)ccc1O. The highest BCUT2D eigenvalue weighted by Gasteiger charge is 2.31. The number of aromatic hydroxyl groups is 1. The van der Waals surface area contributed by atoms with Gasteiger partial charge in [-0.2, -0.15) is 0 Å². The molecular weight excluding hydrogens is 266 g/mol. The lowest BCUT2D eigenvalue weighted by atomic mass is 10.2. The normalized spacial score (nSPS) is 22.2. The topological polar surface area (TPSA) is 67.8 Å². The fourth-order valence-corrected chi connectivity index (χ4v) is 3.12. The molecule has 2 rings (SSSR count). The van der Waals surface area contributed by atoms with Gasteiger partial charge in [-0.05, 0) is 24.6 Å². The number of ether oxygens (including phenoxy) is 2. The molecule has 2 atom stereocenters. The maximum Gasteiger partial charge on any atom is 0.323 e. The van der Waals surface area contributed by atoms with Gasteiger partial charge < -0.3 is 14.6 Å². The fourth-order valence-electron chi connectivity index (χ4n) is 1.91. The Morgan fingerprint density at radius 1 is 1.58 bits per heavy atom. The number of benzene rings is 1. The van der Waals surface area contributed by atoms with E-state index in [1.54, 1.807) is 23.9 Å². The Bertz CT molecular complexity index is 466. The second-order valence-corrected chi connectivity index (χ2v) is 5.25. The van der Waals surface area contributed by atoms with Gasteiger partial charge in [-0.1, -0.05) is 6.07 Å². The van der Waals surface area contributed by atoms with Crippen molar-refractivity contribution >= 4 is 17.7 Å². The van der Waals surface area contributed by atoms with E-state index in [1.807, 2.05) is 13.0 Å². The van der Waals surface area contributed by atoms with Gasteiger partial charge in [0, 0.05) is 5.75 Å². The van der Waals surface area contributed by atoms with E-state index in [4.69, 9.17) is 9.47 Å². The summed E-state index contributed by atoms with van der Waals surface area (Å²) in [7, 11) is 1.38. The lowest BCUT2D eigenvalue weighted by molar-refractivity contribution is -0.142. The second-order valence-electron chi connectivity index (χ2n) is 4.12. The molecule has 1 saturated heterocycles. The summed E-state index contributed by atoms with van der Waals surface area (Å²) in [5.74, 6) is 1.00. The number of hydrogen-bond acceptors (Lipinski definition) is 6. The van der Waals surface area contributed by atoms with Crippen LogP contribution >= 0.6 is 11.8 Å². The van der Waals surface area contributed by atoms with Crippen LogP contribution in [0.4, 0.5) is 0 Å². The van der Waals surface area contributed by atoms with E-state index < -0.39 is 0 Å². The number of esters is 1. The highest BCUT2D eigenvalue weighted by molar-refractivity contribution is 7.99. The molecule has 2 unspecified atom stereocenters. The van der Waals surface area contributed by atoms with Crippen molar-refractivity contribution in [2.75, 3.05) is 19.5 Å². The molecule has 1 fully saturated rings. The third kappa shape index (κ3) is 3.13. The average Bonchev–Trinajstić information content (AvgIpc) is 2.90. The predicted octanol–water partition coefficient (Wildman–Crippen LogP) is 1.67. The Labute approximate surface area is 116 Å². The maximum atomic E-state index is 11.5. The van der Waals surface area contributed by atoms with Crippen LogP contribution in [0.25, 0.3) is 0 Å². The molecule has 6 heteroatoms. The zero-order valence-electron chi connectivity index (χ0n) is 10.9. The number of thioether (sulfide) groups is 1. The van der Waals surface area contributed by atoms with Gasteiger partial charge >= 0.3 is 5.97 Å². The molecule has 0 aliphatic carbocycles. The van der Waals surface area contributed by atoms with Crippen LogP contribution in [0.2, 0.25) is 0 Å². The summed E-state index contributed by atoms with van der Waals surface area (Å²) in [5.41, 5.74) is 0.970. The van der Waals surface area contributed by atoms with E-state index in [2.05, 4.69) is 5.32 Å². The van der Waals surface area contributed by atoms with Crippen LogP contribution in [0, 0.1) is 0 Å². The predicted molar refractivity (Wildman–Crippen MR) is 73.4 cm³/mol. The molecule has 104 valence electrons. The van der Waals surface area contributed by atoms with E-state index in [0.717, 1.165) is 5.56 Å². The minimum atomic E-state index is -0.288. The molecular formula is C13H17NO4S. The van der Waals surface area contributed by atoms with Gasteiger partial charge in [-0.15, -0.1) is 11.8 Å². The summed E-state index contributed by atoms with van der Waals surface area (Å²) < 4.78 is 10.1. The molecule has 1 aromatic carbocycles. The summed E-state index contributed by atoms with van der Waals surface area (Å²) in [6.07, 6.45) is 0. The lowest BCUT2D eigenvalue weighted by Crippen LogP contribution is -2.34. The molecule has 0 spiro atoms. The van der Waals surface area contributed by atoms with Crippen LogP contribution in [-0.2, 0) is 9.53 Å². The Morgan fingerprint density at radius 2 is 2.37 bits per heavy atom. The van der Waals surface area contributed by atoms with Gasteiger partial charge in [-0.3, -0.25) is 10.1 Å². The van der Waals surface area contributed by atoms with Crippen molar-refractivity contribution in [2.24, 2.45) is 0 Å². The third-order valence-corrected chi connectivity index (χ3v) is 4.12. The molecule has 1 aliphatic heterocycles. The Balaban J connectivity index is 2.11. The quantitative estimate of drug-likeness (QED) is 0.819. The van der Waals surface area contributed by atoms with Gasteiger partial charge in [0.15, 0.2) is 11.5 Å². The molecule has 19 heavy (non-hydrogen) atoms. The molecule has 1 aliphatic rings. The fraction of sp³-hybridized carbons (Fsp3) is 0.462. The smallest absolute Gasteiger partial charge is 0.323 e. The van der Waals surface area contributed by atoms with Crippen molar-refractivity contribution in [3.8, 4) is 11.5 Å². The van der Waals surface area contributed by atoms with Gasteiger partial charge in [0.1, 0.15) is 6.04 Å². The zero-order chi connectivity index (χ0) is 13.8. The van der Waals surface area contributed by atoms with Crippen LogP contribution in [-0.4, -0.2) is 36.6 Å². The van der Waals surface area contributed by atoms with E-state index in [0.29, 0.717) is 18.1 Å². The number of carbonyl (C=O) groups excluding carboxylic acids is 1. The molecule has 0 aromatic heterocycles. The lowest BCUT2D eigenvalue weighted by Gasteiger charge is -2.14. The van der Waals surface area contributed by atoms with Crippen LogP contribution in [0.5, 0.6) is 11.5 Å². The standard InChI is InChI=1S/C13H17NO4S/c1-3-18-11-6-8(4-5-10(11)15)12-14-9(7-19-12)13(16)17-2/h4-6,9,12,14-15H,3,7H2,1-2H3. The van der Waals surface area contributed by atoms with Crippen LogP contribution in [0.3, 0.4) is 0 Å². The van der Waals surface area contributed by atoms with Crippen molar-refractivity contribution in [1.29, 1.82) is 0 Å². The number of phenolic OH excluding ortho intramolecular Hbond substituents is 1. The van der Waals surface area contributed by atoms with Crippen LogP contribution < -0.4 is 10.1 Å². The van der Waals surface area contributed by atoms with E-state index in [1.165, 1.54) is 7.11 Å². The van der Waals surface area contributed by atoms with Crippen molar-refractivity contribution in [2.45, 2.75) is 18.3 Å². The summed E-state index contributed by atoms with van der Waals surface area (Å²) in [6, 6.07) is 4.93. The molecule has 0 saturated carbocycles. The van der Waals surface area contributed by atoms with E-state index in [9.17, 15) is 9.90 Å². The van der Waals surface area contributed by atoms with E-state index in [-0.39, 0.29) is 23.1 Å². The first kappa shape index (κ1) is 14.0. The van der Waals surface area contributed by atoms with Crippen molar-refractivity contribution in [3.05, 3.63) is 23.8 Å². The van der Waals surface area contributed by atoms with Crippen molar-refractivity contribution in [3.63, 3.8) is 0 Å². The average molecular weight is 283 g/mol. The molecule has 0 bridgehead atoms. The summed E-state index contributed by atoms with van der Waals surface area (Å²) in [4.78, 5) is 11.5. The van der Waals surface area contributed by atoms with Crippen molar-refractivity contribution in [1.82, 2.24) is 5.32 Å². The van der Waals surface area contributed by atoms with Crippen LogP contribution in [0.1, 0.15) is 17.9 Å². The maximum absolute atomic E-state index is 11.5. The first-order chi connectivity index (χ1) is 9.15. The Kier molecular flexibility index (Phi) is 4.55. The molecule has 0 amide bonds. The molecule has 1 heterocycles. The minimum absolute atomic E-state index is 0.00362. The Hall–Kier alpha value is -1.40. The largest absolute Gasteiger partial charge is 0.504 e. The Morgan fingerprint density at radius 3 is 3.05 bits per heavy atom. The summed E-state index contributed by atoms with van der Waals surface area (Å²) >= 11 is 1.63. The highest BCUT2D eigenvalue weighted by atomic mass is 32.2. The van der Waals surface area contributed by atoms with Gasteiger partial charge in [0.25, 0.3) is 0 Å². The summed E-state index contributed by atoms with van der Waals surface area (Å²) in [5, 5.41) is 12.9. The molecule has 0 radical (unpaired) electrons. The first-order valence-electron chi connectivity index (χ1n) is 6.07. The molecule has 5 nitrogen and oxygen atoms in total. The zero-order valence-corrected chi connectivity index (χ0v) is 11.7. The van der Waals surface area contributed by atoms with Gasteiger partial charge in [-0.25, -0.2) is 0 Å². The summed E-state index contributed by atoms with van der Waals surface area (Å²) in [6.45, 7) is 2.36. The molecule has 2 N–H and O–H groups in total. The van der Waals surface area contributed by atoms with Gasteiger partial charge in [0.05, 0.1) is 19.1 Å². The number of hydrogen-bond donors (Lipinski definition) is 2. The van der Waals surface area contributed by atoms with Crippen LogP contribution in [0.15, 0.2) is 18.2 Å². The number of carbonyl (C=O) groups is 1. The first-order valence-corrected chi connectivity index (χ1v) is 7.11. The third-order valence-electron chi connectivity index (χ3n) is 2.85. The molecule has 1 aromatic rings. The monoisotopic (exact) mass is 283 g/mol. The number of phenols is 1. The highest BCUT2D eigenvalue weighted by Crippen LogP contribution is 2.37.